The SMILES string of the molecule is CCOC(=O)Cc1cn2c(C=O)c(-c3cc(Cl)ccc3SC)nc2s1. The molecule has 2 heterocycles. The fraction of sp³-hybridized carbons (Fsp3) is 0.235. The second-order valence-corrected chi connectivity index (χ2v) is 7.52. The maximum atomic E-state index is 11.7. The van der Waals surface area contributed by atoms with Crippen molar-refractivity contribution in [1.82, 2.24) is 9.38 Å². The number of ether oxygens (including phenoxy) is 1. The summed E-state index contributed by atoms with van der Waals surface area (Å²) < 4.78 is 6.68. The number of imidazole rings is 1. The molecule has 2 aromatic heterocycles. The van der Waals surface area contributed by atoms with E-state index in [0.717, 1.165) is 21.6 Å². The molecule has 0 atom stereocenters. The highest BCUT2D eigenvalue weighted by molar-refractivity contribution is 7.98. The molecular formula is C17H15ClN2O3S2. The Morgan fingerprint density at radius 3 is 2.96 bits per heavy atom. The normalized spacial score (nSPS) is 11.0. The molecule has 0 saturated carbocycles. The van der Waals surface area contributed by atoms with Crippen LogP contribution in [-0.2, 0) is 16.0 Å². The van der Waals surface area contributed by atoms with Gasteiger partial charge in [-0.25, -0.2) is 4.98 Å². The number of carbonyl (C=O) groups is 2. The molecule has 0 aliphatic carbocycles. The van der Waals surface area contributed by atoms with Crippen LogP contribution in [0.2, 0.25) is 5.02 Å². The number of esters is 1. The molecule has 0 spiro atoms. The van der Waals surface area contributed by atoms with Crippen LogP contribution in [0.1, 0.15) is 22.3 Å². The Labute approximate surface area is 158 Å². The van der Waals surface area contributed by atoms with E-state index in [0.29, 0.717) is 28.0 Å². The van der Waals surface area contributed by atoms with Crippen molar-refractivity contribution in [2.24, 2.45) is 0 Å². The first kappa shape index (κ1) is 18.0. The molecule has 0 saturated heterocycles. The average Bonchev–Trinajstić information content (AvgIpc) is 3.11. The van der Waals surface area contributed by atoms with Crippen LogP contribution in [0.15, 0.2) is 29.3 Å². The molecule has 130 valence electrons. The van der Waals surface area contributed by atoms with Crippen LogP contribution in [-0.4, -0.2) is 34.5 Å². The standard InChI is InChI=1S/C17H15ClN2O3S2/c1-3-23-15(22)7-11-8-20-13(9-21)16(19-17(20)25-11)12-6-10(18)4-5-14(12)24-2/h4-6,8-9H,3,7H2,1-2H3. The highest BCUT2D eigenvalue weighted by Gasteiger charge is 2.19. The molecule has 25 heavy (non-hydrogen) atoms. The fourth-order valence-electron chi connectivity index (χ4n) is 2.52. The minimum Gasteiger partial charge on any atom is -0.466 e. The van der Waals surface area contributed by atoms with Gasteiger partial charge in [0.25, 0.3) is 0 Å². The number of aromatic nitrogens is 2. The third-order valence-corrected chi connectivity index (χ3v) is 5.58. The molecule has 0 aliphatic heterocycles. The minimum atomic E-state index is -0.292. The first-order chi connectivity index (χ1) is 12.1. The van der Waals surface area contributed by atoms with Gasteiger partial charge in [0.05, 0.1) is 13.0 Å². The lowest BCUT2D eigenvalue weighted by Gasteiger charge is -2.06. The van der Waals surface area contributed by atoms with Crippen molar-refractivity contribution >= 4 is 51.9 Å². The summed E-state index contributed by atoms with van der Waals surface area (Å²) in [5.41, 5.74) is 1.86. The summed E-state index contributed by atoms with van der Waals surface area (Å²) in [6.45, 7) is 2.11. The van der Waals surface area contributed by atoms with Crippen LogP contribution >= 0.6 is 34.7 Å². The third-order valence-electron chi connectivity index (χ3n) is 3.56. The van der Waals surface area contributed by atoms with Gasteiger partial charge in [0.1, 0.15) is 11.4 Å². The Bertz CT molecular complexity index is 949. The second kappa shape index (κ2) is 7.59. The maximum absolute atomic E-state index is 11.7. The molecule has 0 fully saturated rings. The lowest BCUT2D eigenvalue weighted by atomic mass is 10.1. The molecule has 0 bridgehead atoms. The van der Waals surface area contributed by atoms with E-state index in [2.05, 4.69) is 4.98 Å². The molecule has 3 aromatic rings. The van der Waals surface area contributed by atoms with Crippen molar-refractivity contribution in [3.63, 3.8) is 0 Å². The van der Waals surface area contributed by atoms with Crippen LogP contribution in [0.4, 0.5) is 0 Å². The molecule has 1 aromatic carbocycles. The molecule has 5 nitrogen and oxygen atoms in total. The first-order valence-corrected chi connectivity index (χ1v) is 9.94. The smallest absolute Gasteiger partial charge is 0.311 e. The summed E-state index contributed by atoms with van der Waals surface area (Å²) in [4.78, 5) is 30.4. The van der Waals surface area contributed by atoms with Crippen LogP contribution in [0, 0.1) is 0 Å². The molecule has 0 amide bonds. The molecule has 0 N–H and O–H groups in total. The van der Waals surface area contributed by atoms with Gasteiger partial charge in [0.2, 0.25) is 0 Å². The number of hydrogen-bond acceptors (Lipinski definition) is 6. The number of nitrogens with zero attached hydrogens (tertiary/aromatic N) is 2. The van der Waals surface area contributed by atoms with Gasteiger partial charge < -0.3 is 4.74 Å². The second-order valence-electron chi connectivity index (χ2n) is 5.14. The van der Waals surface area contributed by atoms with Gasteiger partial charge in [0.15, 0.2) is 11.2 Å². The van der Waals surface area contributed by atoms with E-state index in [1.54, 1.807) is 29.3 Å². The number of rotatable bonds is 6. The van der Waals surface area contributed by atoms with Gasteiger partial charge >= 0.3 is 5.97 Å². The highest BCUT2D eigenvalue weighted by Crippen LogP contribution is 2.35. The monoisotopic (exact) mass is 394 g/mol. The Kier molecular flexibility index (Phi) is 5.46. The maximum Gasteiger partial charge on any atom is 0.311 e. The van der Waals surface area contributed by atoms with Crippen molar-refractivity contribution in [3.8, 4) is 11.3 Å². The Morgan fingerprint density at radius 1 is 1.48 bits per heavy atom. The highest BCUT2D eigenvalue weighted by atomic mass is 35.5. The predicted molar refractivity (Wildman–Crippen MR) is 101 cm³/mol. The topological polar surface area (TPSA) is 60.7 Å². The summed E-state index contributed by atoms with van der Waals surface area (Å²) in [7, 11) is 0. The molecular weight excluding hydrogens is 380 g/mol. The van der Waals surface area contributed by atoms with Gasteiger partial charge in [-0.05, 0) is 31.4 Å². The molecule has 0 unspecified atom stereocenters. The van der Waals surface area contributed by atoms with Crippen molar-refractivity contribution in [2.75, 3.05) is 12.9 Å². The number of aldehydes is 1. The van der Waals surface area contributed by atoms with E-state index in [9.17, 15) is 9.59 Å². The van der Waals surface area contributed by atoms with Crippen molar-refractivity contribution in [1.29, 1.82) is 0 Å². The van der Waals surface area contributed by atoms with Gasteiger partial charge in [-0.1, -0.05) is 11.6 Å². The Balaban J connectivity index is 2.07. The van der Waals surface area contributed by atoms with E-state index < -0.39 is 0 Å². The van der Waals surface area contributed by atoms with Crippen molar-refractivity contribution in [2.45, 2.75) is 18.2 Å². The van der Waals surface area contributed by atoms with E-state index in [1.165, 1.54) is 11.3 Å². The van der Waals surface area contributed by atoms with Gasteiger partial charge in [-0.2, -0.15) is 0 Å². The largest absolute Gasteiger partial charge is 0.466 e. The van der Waals surface area contributed by atoms with Gasteiger partial charge in [-0.3, -0.25) is 14.0 Å². The summed E-state index contributed by atoms with van der Waals surface area (Å²) in [5, 5.41) is 0.587. The zero-order valence-electron chi connectivity index (χ0n) is 13.6. The Hall–Kier alpha value is -1.83. The Morgan fingerprint density at radius 2 is 2.28 bits per heavy atom. The number of thioether (sulfide) groups is 1. The average molecular weight is 395 g/mol. The third kappa shape index (κ3) is 3.58. The molecule has 0 aliphatic rings. The van der Waals surface area contributed by atoms with Crippen molar-refractivity contribution < 1.29 is 14.3 Å². The summed E-state index contributed by atoms with van der Waals surface area (Å²) in [5.74, 6) is -0.292. The summed E-state index contributed by atoms with van der Waals surface area (Å²) in [6.07, 6.45) is 4.67. The number of benzene rings is 1. The molecule has 0 radical (unpaired) electrons. The minimum absolute atomic E-state index is 0.169. The summed E-state index contributed by atoms with van der Waals surface area (Å²) >= 11 is 9.06. The van der Waals surface area contributed by atoms with Gasteiger partial charge in [0, 0.05) is 26.6 Å². The first-order valence-electron chi connectivity index (χ1n) is 7.52. The van der Waals surface area contributed by atoms with E-state index in [1.807, 2.05) is 24.5 Å². The van der Waals surface area contributed by atoms with Gasteiger partial charge in [-0.15, -0.1) is 23.1 Å². The lowest BCUT2D eigenvalue weighted by Crippen LogP contribution is -2.06. The number of thiazole rings is 1. The number of halogens is 1. The summed E-state index contributed by atoms with van der Waals surface area (Å²) in [6, 6.07) is 5.54. The molecule has 8 heteroatoms. The van der Waals surface area contributed by atoms with E-state index in [4.69, 9.17) is 16.3 Å². The van der Waals surface area contributed by atoms with Crippen LogP contribution < -0.4 is 0 Å². The van der Waals surface area contributed by atoms with E-state index >= 15 is 0 Å². The predicted octanol–water partition coefficient (Wildman–Crippen LogP) is 4.36. The quantitative estimate of drug-likeness (QED) is 0.353. The molecule has 3 rings (SSSR count). The fourth-order valence-corrected chi connectivity index (χ4v) is 4.24. The van der Waals surface area contributed by atoms with Crippen LogP contribution in [0.3, 0.4) is 0 Å². The number of fused-ring (bicyclic) bond motifs is 1. The number of hydrogen-bond donors (Lipinski definition) is 0. The zero-order valence-corrected chi connectivity index (χ0v) is 16.0. The van der Waals surface area contributed by atoms with Crippen LogP contribution in [0.5, 0.6) is 0 Å². The lowest BCUT2D eigenvalue weighted by molar-refractivity contribution is -0.142. The zero-order chi connectivity index (χ0) is 18.0. The van der Waals surface area contributed by atoms with Crippen LogP contribution in [0.25, 0.3) is 16.2 Å². The van der Waals surface area contributed by atoms with Crippen molar-refractivity contribution in [3.05, 3.63) is 40.0 Å². The van der Waals surface area contributed by atoms with E-state index in [-0.39, 0.29) is 12.4 Å². The number of carbonyl (C=O) groups excluding carboxylic acids is 2.